The van der Waals surface area contributed by atoms with Gasteiger partial charge in [0.15, 0.2) is 0 Å². The fraction of sp³-hybridized carbons (Fsp3) is 0.400. The van der Waals surface area contributed by atoms with E-state index in [9.17, 15) is 23.2 Å². The van der Waals surface area contributed by atoms with E-state index in [1.54, 1.807) is 0 Å². The summed E-state index contributed by atoms with van der Waals surface area (Å²) in [4.78, 5) is 36.0. The van der Waals surface area contributed by atoms with Gasteiger partial charge in [-0.25, -0.2) is 13.6 Å². The molecule has 34 heavy (non-hydrogen) atoms. The van der Waals surface area contributed by atoms with Crippen LogP contribution in [-0.2, 0) is 14.3 Å². The highest BCUT2D eigenvalue weighted by molar-refractivity contribution is 5.86. The predicted octanol–water partition coefficient (Wildman–Crippen LogP) is 4.31. The summed E-state index contributed by atoms with van der Waals surface area (Å²) in [6.07, 6.45) is -4.14. The first-order valence-electron chi connectivity index (χ1n) is 11.2. The van der Waals surface area contributed by atoms with Crippen molar-refractivity contribution in [2.75, 3.05) is 6.61 Å². The number of hydrogen-bond acceptors (Lipinski definition) is 4. The molecule has 0 heterocycles. The molecule has 0 fully saturated rings. The van der Waals surface area contributed by atoms with Gasteiger partial charge in [-0.15, -0.1) is 0 Å². The summed E-state index contributed by atoms with van der Waals surface area (Å²) in [5, 5.41) is 13.7. The van der Waals surface area contributed by atoms with Gasteiger partial charge in [0.1, 0.15) is 12.6 Å². The first kappa shape index (κ1) is 25.1. The zero-order valence-electron chi connectivity index (χ0n) is 18.8. The van der Waals surface area contributed by atoms with Crippen molar-refractivity contribution in [3.8, 4) is 11.1 Å². The molecular formula is C25H28F2N2O5. The third kappa shape index (κ3) is 6.30. The number of halogens is 2. The van der Waals surface area contributed by atoms with Crippen LogP contribution >= 0.6 is 0 Å². The van der Waals surface area contributed by atoms with Crippen LogP contribution < -0.4 is 10.6 Å². The lowest BCUT2D eigenvalue weighted by atomic mass is 9.98. The number of alkyl halides is 2. The molecule has 1 aliphatic carbocycles. The number of carboxylic acid groups (broad SMARTS) is 1. The third-order valence-corrected chi connectivity index (χ3v) is 5.77. The van der Waals surface area contributed by atoms with Gasteiger partial charge >= 0.3 is 12.1 Å². The lowest BCUT2D eigenvalue weighted by Gasteiger charge is -2.22. The highest BCUT2D eigenvalue weighted by Crippen LogP contribution is 2.44. The maximum absolute atomic E-state index is 13.1. The number of ether oxygens (including phenoxy) is 1. The molecule has 9 heteroatoms. The molecule has 0 saturated heterocycles. The third-order valence-electron chi connectivity index (χ3n) is 5.77. The van der Waals surface area contributed by atoms with Crippen LogP contribution in [0.5, 0.6) is 0 Å². The van der Waals surface area contributed by atoms with Gasteiger partial charge in [0.05, 0.1) is 6.42 Å². The van der Waals surface area contributed by atoms with Crippen LogP contribution in [0.3, 0.4) is 0 Å². The molecule has 0 spiro atoms. The number of carbonyl (C=O) groups is 3. The number of carboxylic acids is 1. The standard InChI is InChI=1S/C25H28F2N2O5/c1-2-7-15(12-23(30)31)28-24(32)21(13-22(26)27)29-25(33)34-14-20-18-10-5-3-8-16(18)17-9-4-6-11-19(17)20/h3-6,8-11,15,20-22H,2,7,12-14H2,1H3,(H,28,32)(H,29,33)(H,30,31)/t15-,21?/m0/s1. The van der Waals surface area contributed by atoms with Crippen LogP contribution in [0.25, 0.3) is 11.1 Å². The molecule has 0 aromatic heterocycles. The minimum atomic E-state index is -2.85. The first-order chi connectivity index (χ1) is 16.3. The molecule has 7 nitrogen and oxygen atoms in total. The molecule has 2 amide bonds. The molecule has 0 radical (unpaired) electrons. The number of amides is 2. The molecule has 3 N–H and O–H groups in total. The maximum Gasteiger partial charge on any atom is 0.407 e. The molecule has 2 atom stereocenters. The van der Waals surface area contributed by atoms with E-state index in [1.165, 1.54) is 0 Å². The largest absolute Gasteiger partial charge is 0.481 e. The predicted molar refractivity (Wildman–Crippen MR) is 122 cm³/mol. The monoisotopic (exact) mass is 474 g/mol. The molecule has 3 rings (SSSR count). The van der Waals surface area contributed by atoms with Crippen LogP contribution in [0.2, 0.25) is 0 Å². The van der Waals surface area contributed by atoms with Crippen molar-refractivity contribution in [1.82, 2.24) is 10.6 Å². The van der Waals surface area contributed by atoms with E-state index in [2.05, 4.69) is 10.6 Å². The van der Waals surface area contributed by atoms with E-state index < -0.39 is 42.9 Å². The van der Waals surface area contributed by atoms with Crippen molar-refractivity contribution in [3.63, 3.8) is 0 Å². The fourth-order valence-electron chi connectivity index (χ4n) is 4.28. The molecule has 0 aliphatic heterocycles. The molecular weight excluding hydrogens is 446 g/mol. The molecule has 0 saturated carbocycles. The summed E-state index contributed by atoms with van der Waals surface area (Å²) in [7, 11) is 0. The number of nitrogens with one attached hydrogen (secondary N) is 2. The zero-order chi connectivity index (χ0) is 24.7. The Labute approximate surface area is 196 Å². The number of carbonyl (C=O) groups excluding carboxylic acids is 2. The molecule has 2 aromatic carbocycles. The van der Waals surface area contributed by atoms with Crippen LogP contribution in [0.1, 0.15) is 49.7 Å². The van der Waals surface area contributed by atoms with Gasteiger partial charge in [-0.05, 0) is 28.7 Å². The first-order valence-corrected chi connectivity index (χ1v) is 11.2. The summed E-state index contributed by atoms with van der Waals surface area (Å²) in [5.41, 5.74) is 4.08. The summed E-state index contributed by atoms with van der Waals surface area (Å²) in [5.74, 6) is -2.20. The number of rotatable bonds is 11. The Morgan fingerprint density at radius 3 is 2.12 bits per heavy atom. The van der Waals surface area contributed by atoms with E-state index in [1.807, 2.05) is 55.5 Å². The lowest BCUT2D eigenvalue weighted by molar-refractivity contribution is -0.137. The van der Waals surface area contributed by atoms with Crippen molar-refractivity contribution < 1.29 is 33.0 Å². The number of benzene rings is 2. The SMILES string of the molecule is CCC[C@@H](CC(=O)O)NC(=O)C(CC(F)F)NC(=O)OCC1c2ccccc2-c2ccccc21. The highest BCUT2D eigenvalue weighted by atomic mass is 19.3. The second kappa shape index (κ2) is 11.6. The van der Waals surface area contributed by atoms with Gasteiger partial charge in [-0.3, -0.25) is 9.59 Å². The van der Waals surface area contributed by atoms with Crippen molar-refractivity contribution in [3.05, 3.63) is 59.7 Å². The minimum Gasteiger partial charge on any atom is -0.481 e. The quantitative estimate of drug-likeness (QED) is 0.450. The Morgan fingerprint density at radius 2 is 1.59 bits per heavy atom. The van der Waals surface area contributed by atoms with Gasteiger partial charge in [0.2, 0.25) is 12.3 Å². The fourth-order valence-corrected chi connectivity index (χ4v) is 4.28. The van der Waals surface area contributed by atoms with Gasteiger partial charge < -0.3 is 20.5 Å². The highest BCUT2D eigenvalue weighted by Gasteiger charge is 2.31. The molecule has 1 unspecified atom stereocenters. The van der Waals surface area contributed by atoms with Gasteiger partial charge in [-0.2, -0.15) is 0 Å². The van der Waals surface area contributed by atoms with Crippen molar-refractivity contribution in [1.29, 1.82) is 0 Å². The molecule has 2 aromatic rings. The average Bonchev–Trinajstić information content (AvgIpc) is 3.10. The molecule has 0 bridgehead atoms. The average molecular weight is 475 g/mol. The summed E-state index contributed by atoms with van der Waals surface area (Å²) in [6, 6.07) is 13.2. The Kier molecular flexibility index (Phi) is 8.56. The van der Waals surface area contributed by atoms with E-state index in [0.29, 0.717) is 12.8 Å². The Bertz CT molecular complexity index is 984. The lowest BCUT2D eigenvalue weighted by Crippen LogP contribution is -2.51. The van der Waals surface area contributed by atoms with E-state index in [-0.39, 0.29) is 18.9 Å². The van der Waals surface area contributed by atoms with E-state index in [4.69, 9.17) is 9.84 Å². The summed E-state index contributed by atoms with van der Waals surface area (Å²) >= 11 is 0. The van der Waals surface area contributed by atoms with Gasteiger partial charge in [0, 0.05) is 18.4 Å². The number of alkyl carbamates (subject to hydrolysis) is 1. The topological polar surface area (TPSA) is 105 Å². The molecule has 1 aliphatic rings. The number of fused-ring (bicyclic) bond motifs is 3. The van der Waals surface area contributed by atoms with Crippen LogP contribution in [0.4, 0.5) is 13.6 Å². The van der Waals surface area contributed by atoms with E-state index >= 15 is 0 Å². The van der Waals surface area contributed by atoms with Crippen molar-refractivity contribution in [2.24, 2.45) is 0 Å². The van der Waals surface area contributed by atoms with Crippen LogP contribution in [0, 0.1) is 0 Å². The molecule has 182 valence electrons. The second-order valence-electron chi connectivity index (χ2n) is 8.24. The van der Waals surface area contributed by atoms with Gasteiger partial charge in [0.25, 0.3) is 0 Å². The van der Waals surface area contributed by atoms with Crippen molar-refractivity contribution in [2.45, 2.75) is 57.0 Å². The Morgan fingerprint density at radius 1 is 1.00 bits per heavy atom. The Balaban J connectivity index is 1.65. The van der Waals surface area contributed by atoms with Gasteiger partial charge in [-0.1, -0.05) is 61.9 Å². The number of hydrogen-bond donors (Lipinski definition) is 3. The summed E-state index contributed by atoms with van der Waals surface area (Å²) < 4.78 is 31.5. The second-order valence-corrected chi connectivity index (χ2v) is 8.24. The van der Waals surface area contributed by atoms with Crippen molar-refractivity contribution >= 4 is 18.0 Å². The van der Waals surface area contributed by atoms with E-state index in [0.717, 1.165) is 22.3 Å². The van der Waals surface area contributed by atoms with Crippen LogP contribution in [0.15, 0.2) is 48.5 Å². The summed E-state index contributed by atoms with van der Waals surface area (Å²) in [6.45, 7) is 1.78. The number of aliphatic carboxylic acids is 1. The maximum atomic E-state index is 13.1. The zero-order valence-corrected chi connectivity index (χ0v) is 18.8. The normalized spacial score (nSPS) is 14.1. The minimum absolute atomic E-state index is 0.0274. The smallest absolute Gasteiger partial charge is 0.407 e. The Hall–Kier alpha value is -3.49. The van der Waals surface area contributed by atoms with Crippen LogP contribution in [-0.4, -0.2) is 48.2 Å².